The first kappa shape index (κ1) is 14.4. The molecule has 1 aromatic carbocycles. The molecule has 1 aliphatic rings. The lowest BCUT2D eigenvalue weighted by atomic mass is 10.1. The van der Waals surface area contributed by atoms with E-state index in [1.54, 1.807) is 24.3 Å². The molecule has 0 spiro atoms. The summed E-state index contributed by atoms with van der Waals surface area (Å²) in [6.45, 7) is 0.436. The molecule has 106 valence electrons. The highest BCUT2D eigenvalue weighted by Crippen LogP contribution is 2.24. The number of amides is 1. The van der Waals surface area contributed by atoms with Gasteiger partial charge in [-0.3, -0.25) is 4.79 Å². The van der Waals surface area contributed by atoms with Gasteiger partial charge < -0.3 is 15.2 Å². The Labute approximate surface area is 118 Å². The minimum atomic E-state index is -0.297. The van der Waals surface area contributed by atoms with E-state index < -0.39 is 0 Å². The Morgan fingerprint density at radius 2 is 2.15 bits per heavy atom. The van der Waals surface area contributed by atoms with Crippen LogP contribution in [-0.4, -0.2) is 30.3 Å². The lowest BCUT2D eigenvalue weighted by Gasteiger charge is -2.15. The predicted octanol–water partition coefficient (Wildman–Crippen LogP) is 1.21. The van der Waals surface area contributed by atoms with Gasteiger partial charge in [0.25, 0.3) is 5.91 Å². The Balaban J connectivity index is 1.70. The summed E-state index contributed by atoms with van der Waals surface area (Å²) in [5.41, 5.74) is 0.553. The molecule has 0 saturated heterocycles. The van der Waals surface area contributed by atoms with Crippen LogP contribution in [0.25, 0.3) is 0 Å². The summed E-state index contributed by atoms with van der Waals surface area (Å²) < 4.78 is 5.33. The minimum Gasteiger partial charge on any atom is -0.484 e. The van der Waals surface area contributed by atoms with Crippen LogP contribution in [0.1, 0.15) is 24.8 Å². The summed E-state index contributed by atoms with van der Waals surface area (Å²) in [7, 11) is 0. The normalized spacial score (nSPS) is 21.2. The number of benzene rings is 1. The molecule has 0 bridgehead atoms. The van der Waals surface area contributed by atoms with Crippen LogP contribution in [0.15, 0.2) is 24.3 Å². The lowest BCUT2D eigenvalue weighted by Crippen LogP contribution is -2.35. The average Bonchev–Trinajstić information content (AvgIpc) is 2.89. The van der Waals surface area contributed by atoms with Crippen LogP contribution in [0.2, 0.25) is 0 Å². The van der Waals surface area contributed by atoms with Crippen molar-refractivity contribution >= 4 is 5.91 Å². The van der Waals surface area contributed by atoms with E-state index in [-0.39, 0.29) is 24.5 Å². The van der Waals surface area contributed by atoms with Crippen molar-refractivity contribution in [3.8, 4) is 11.8 Å². The van der Waals surface area contributed by atoms with Crippen molar-refractivity contribution in [2.75, 3.05) is 13.2 Å². The Morgan fingerprint density at radius 1 is 1.40 bits per heavy atom. The summed E-state index contributed by atoms with van der Waals surface area (Å²) in [6.07, 6.45) is 2.50. The summed E-state index contributed by atoms with van der Waals surface area (Å²) >= 11 is 0. The van der Waals surface area contributed by atoms with Gasteiger partial charge in [0.05, 0.1) is 17.7 Å². The molecule has 1 amide bonds. The predicted molar refractivity (Wildman–Crippen MR) is 73.0 cm³/mol. The molecule has 2 N–H and O–H groups in total. The van der Waals surface area contributed by atoms with E-state index in [0.717, 1.165) is 19.3 Å². The van der Waals surface area contributed by atoms with Gasteiger partial charge in [-0.05, 0) is 37.1 Å². The zero-order valence-corrected chi connectivity index (χ0v) is 11.2. The second-order valence-electron chi connectivity index (χ2n) is 4.99. The maximum absolute atomic E-state index is 11.6. The molecule has 2 rings (SSSR count). The van der Waals surface area contributed by atoms with Crippen LogP contribution < -0.4 is 10.1 Å². The maximum atomic E-state index is 11.6. The van der Waals surface area contributed by atoms with Crippen LogP contribution in [0.3, 0.4) is 0 Å². The first-order valence-electron chi connectivity index (χ1n) is 6.77. The van der Waals surface area contributed by atoms with Gasteiger partial charge in [-0.25, -0.2) is 0 Å². The molecule has 0 aliphatic heterocycles. The molecule has 1 aliphatic carbocycles. The molecule has 0 heterocycles. The molecule has 1 fully saturated rings. The fraction of sp³-hybridized carbons (Fsp3) is 0.467. The van der Waals surface area contributed by atoms with Crippen LogP contribution >= 0.6 is 0 Å². The standard InChI is InChI=1S/C15H18N2O3/c16-8-11-4-6-13(7-5-11)20-10-15(19)17-9-12-2-1-3-14(12)18/h4-7,12,14,18H,1-3,9-10H2,(H,17,19). The van der Waals surface area contributed by atoms with Gasteiger partial charge in [0, 0.05) is 12.5 Å². The van der Waals surface area contributed by atoms with E-state index in [0.29, 0.717) is 17.9 Å². The molecule has 5 nitrogen and oxygen atoms in total. The highest BCUT2D eigenvalue weighted by Gasteiger charge is 2.25. The lowest BCUT2D eigenvalue weighted by molar-refractivity contribution is -0.123. The number of carbonyl (C=O) groups excluding carboxylic acids is 1. The van der Waals surface area contributed by atoms with E-state index in [1.807, 2.05) is 6.07 Å². The number of hydrogen-bond donors (Lipinski definition) is 2. The SMILES string of the molecule is N#Cc1ccc(OCC(=O)NCC2CCCC2O)cc1. The van der Waals surface area contributed by atoms with Crippen molar-refractivity contribution in [2.24, 2.45) is 5.92 Å². The fourth-order valence-corrected chi connectivity index (χ4v) is 2.33. The Kier molecular flexibility index (Phi) is 4.97. The molecule has 20 heavy (non-hydrogen) atoms. The fourth-order valence-electron chi connectivity index (χ4n) is 2.33. The van der Waals surface area contributed by atoms with E-state index in [9.17, 15) is 9.90 Å². The Morgan fingerprint density at radius 3 is 2.75 bits per heavy atom. The van der Waals surface area contributed by atoms with E-state index in [1.165, 1.54) is 0 Å². The van der Waals surface area contributed by atoms with E-state index in [4.69, 9.17) is 10.00 Å². The van der Waals surface area contributed by atoms with Crippen molar-refractivity contribution in [1.82, 2.24) is 5.32 Å². The van der Waals surface area contributed by atoms with Gasteiger partial charge in [0.2, 0.25) is 0 Å². The number of hydrogen-bond acceptors (Lipinski definition) is 4. The molecule has 2 unspecified atom stereocenters. The summed E-state index contributed by atoms with van der Waals surface area (Å²) in [5, 5.41) is 21.1. The van der Waals surface area contributed by atoms with Crippen LogP contribution in [0, 0.1) is 17.2 Å². The van der Waals surface area contributed by atoms with Crippen molar-refractivity contribution in [2.45, 2.75) is 25.4 Å². The largest absolute Gasteiger partial charge is 0.484 e. The molecule has 0 aromatic heterocycles. The molecular weight excluding hydrogens is 256 g/mol. The van der Waals surface area contributed by atoms with Gasteiger partial charge in [0.15, 0.2) is 6.61 Å². The summed E-state index contributed by atoms with van der Waals surface area (Å²) in [5.74, 6) is 0.516. The van der Waals surface area contributed by atoms with Gasteiger partial charge in [-0.15, -0.1) is 0 Å². The number of carbonyl (C=O) groups is 1. The third-order valence-corrected chi connectivity index (χ3v) is 3.53. The van der Waals surface area contributed by atoms with Crippen molar-refractivity contribution in [3.63, 3.8) is 0 Å². The highest BCUT2D eigenvalue weighted by molar-refractivity contribution is 5.77. The highest BCUT2D eigenvalue weighted by atomic mass is 16.5. The molecule has 5 heteroatoms. The monoisotopic (exact) mass is 274 g/mol. The molecular formula is C15H18N2O3. The number of nitriles is 1. The first-order chi connectivity index (χ1) is 9.69. The van der Waals surface area contributed by atoms with Gasteiger partial charge in [-0.1, -0.05) is 6.42 Å². The zero-order chi connectivity index (χ0) is 14.4. The quantitative estimate of drug-likeness (QED) is 0.845. The molecule has 0 radical (unpaired) electrons. The minimum absolute atomic E-state index is 0.0608. The zero-order valence-electron chi connectivity index (χ0n) is 11.2. The number of nitrogens with one attached hydrogen (secondary N) is 1. The number of aliphatic hydroxyl groups excluding tert-OH is 1. The third-order valence-electron chi connectivity index (χ3n) is 3.53. The van der Waals surface area contributed by atoms with Gasteiger partial charge in [-0.2, -0.15) is 5.26 Å². The maximum Gasteiger partial charge on any atom is 0.257 e. The van der Waals surface area contributed by atoms with Crippen LogP contribution in [0.4, 0.5) is 0 Å². The van der Waals surface area contributed by atoms with Crippen LogP contribution in [-0.2, 0) is 4.79 Å². The topological polar surface area (TPSA) is 82.3 Å². The average molecular weight is 274 g/mol. The van der Waals surface area contributed by atoms with Gasteiger partial charge in [0.1, 0.15) is 5.75 Å². The number of nitrogens with zero attached hydrogens (tertiary/aromatic N) is 1. The molecule has 1 saturated carbocycles. The second kappa shape index (κ2) is 6.92. The van der Waals surface area contributed by atoms with Crippen molar-refractivity contribution < 1.29 is 14.6 Å². The van der Waals surface area contributed by atoms with Gasteiger partial charge >= 0.3 is 0 Å². The number of aliphatic hydroxyl groups is 1. The number of ether oxygens (including phenoxy) is 1. The Bertz CT molecular complexity index is 493. The summed E-state index contributed by atoms with van der Waals surface area (Å²) in [4.78, 5) is 11.6. The molecule has 2 atom stereocenters. The van der Waals surface area contributed by atoms with Crippen LogP contribution in [0.5, 0.6) is 5.75 Å². The summed E-state index contributed by atoms with van der Waals surface area (Å²) in [6, 6.07) is 8.62. The van der Waals surface area contributed by atoms with Crippen molar-refractivity contribution in [3.05, 3.63) is 29.8 Å². The second-order valence-corrected chi connectivity index (χ2v) is 4.99. The number of rotatable bonds is 5. The third kappa shape index (κ3) is 3.97. The molecule has 1 aromatic rings. The Hall–Kier alpha value is -2.06. The first-order valence-corrected chi connectivity index (χ1v) is 6.77. The van der Waals surface area contributed by atoms with E-state index >= 15 is 0 Å². The smallest absolute Gasteiger partial charge is 0.257 e. The van der Waals surface area contributed by atoms with Crippen molar-refractivity contribution in [1.29, 1.82) is 5.26 Å². The van der Waals surface area contributed by atoms with E-state index in [2.05, 4.69) is 5.32 Å².